The van der Waals surface area contributed by atoms with Crippen LogP contribution in [0.3, 0.4) is 0 Å². The molecule has 1 aliphatic rings. The number of benzene rings is 3. The molecule has 130 valence electrons. The molecule has 0 radical (unpaired) electrons. The highest BCUT2D eigenvalue weighted by atomic mass is 35.5. The molecule has 0 saturated carbocycles. The van der Waals surface area contributed by atoms with E-state index in [1.54, 1.807) is 0 Å². The number of hydrogen-bond donors (Lipinski definition) is 1. The number of para-hydroxylation sites is 1. The lowest BCUT2D eigenvalue weighted by Crippen LogP contribution is -2.39. The minimum atomic E-state index is 0.217. The molecule has 1 atom stereocenters. The predicted molar refractivity (Wildman–Crippen MR) is 116 cm³/mol. The van der Waals surface area contributed by atoms with Gasteiger partial charge in [-0.3, -0.25) is 0 Å². The van der Waals surface area contributed by atoms with Gasteiger partial charge in [-0.1, -0.05) is 71.9 Å². The fourth-order valence-corrected chi connectivity index (χ4v) is 4.99. The number of rotatable bonds is 3. The van der Waals surface area contributed by atoms with Crippen LogP contribution in [0, 0.1) is 0 Å². The topological polar surface area (TPSA) is 15.3 Å². The Bertz CT molecular complexity index is 930. The second kappa shape index (κ2) is 7.70. The van der Waals surface area contributed by atoms with Gasteiger partial charge in [0.05, 0.1) is 11.1 Å². The van der Waals surface area contributed by atoms with E-state index in [9.17, 15) is 0 Å². The summed E-state index contributed by atoms with van der Waals surface area (Å²) in [5.74, 6) is 0. The van der Waals surface area contributed by atoms with Crippen molar-refractivity contribution in [3.63, 3.8) is 0 Å². The summed E-state index contributed by atoms with van der Waals surface area (Å²) in [7, 11) is 0. The minimum Gasteiger partial charge on any atom is -0.332 e. The minimum absolute atomic E-state index is 0.217. The second-order valence-electron chi connectivity index (χ2n) is 6.04. The zero-order chi connectivity index (χ0) is 17.9. The van der Waals surface area contributed by atoms with Crippen molar-refractivity contribution < 1.29 is 0 Å². The van der Waals surface area contributed by atoms with Crippen LogP contribution in [0.1, 0.15) is 5.56 Å². The summed E-state index contributed by atoms with van der Waals surface area (Å²) < 4.78 is 0. The van der Waals surface area contributed by atoms with Crippen LogP contribution in [-0.2, 0) is 6.42 Å². The van der Waals surface area contributed by atoms with Gasteiger partial charge in [-0.05, 0) is 48.1 Å². The van der Waals surface area contributed by atoms with Crippen LogP contribution in [0.25, 0.3) is 0 Å². The van der Waals surface area contributed by atoms with Crippen molar-refractivity contribution in [2.45, 2.75) is 16.7 Å². The lowest BCUT2D eigenvalue weighted by Gasteiger charge is -2.27. The van der Waals surface area contributed by atoms with E-state index in [-0.39, 0.29) is 5.37 Å². The third kappa shape index (κ3) is 3.73. The van der Waals surface area contributed by atoms with Crippen molar-refractivity contribution in [2.75, 3.05) is 10.2 Å². The van der Waals surface area contributed by atoms with Crippen molar-refractivity contribution in [3.05, 3.63) is 89.4 Å². The van der Waals surface area contributed by atoms with Crippen LogP contribution in [0.5, 0.6) is 0 Å². The maximum atomic E-state index is 6.10. The molecule has 0 aromatic heterocycles. The molecule has 1 unspecified atom stereocenters. The number of fused-ring (bicyclic) bond motifs is 1. The van der Waals surface area contributed by atoms with Gasteiger partial charge < -0.3 is 10.2 Å². The molecule has 0 amide bonds. The number of halogens is 1. The third-order valence-electron chi connectivity index (χ3n) is 4.22. The van der Waals surface area contributed by atoms with E-state index in [0.717, 1.165) is 17.8 Å². The van der Waals surface area contributed by atoms with E-state index in [2.05, 4.69) is 58.7 Å². The molecule has 0 spiro atoms. The average molecular weight is 397 g/mol. The maximum absolute atomic E-state index is 6.10. The second-order valence-corrected chi connectivity index (χ2v) is 8.08. The van der Waals surface area contributed by atoms with Gasteiger partial charge in [0.25, 0.3) is 0 Å². The number of hydrogen-bond acceptors (Lipinski definition) is 2. The number of thioether (sulfide) groups is 1. The summed E-state index contributed by atoms with van der Waals surface area (Å²) in [6, 6.07) is 26.6. The molecule has 2 nitrogen and oxygen atoms in total. The highest BCUT2D eigenvalue weighted by Gasteiger charge is 2.32. The standard InChI is InChI=1S/C21H17ClN2S2/c22-16-9-6-10-17(14-16)23-21(25)24-18-11-4-5-12-19(18)26-20(24)13-15-7-2-1-3-8-15/h1-12,14,20H,13H2,(H,23,25). The first-order valence-electron chi connectivity index (χ1n) is 8.36. The monoisotopic (exact) mass is 396 g/mol. The Morgan fingerprint density at radius 3 is 2.58 bits per heavy atom. The SMILES string of the molecule is S=C(Nc1cccc(Cl)c1)N1c2ccccc2SC1Cc1ccccc1. The van der Waals surface area contributed by atoms with Crippen LogP contribution in [0.2, 0.25) is 5.02 Å². The fraction of sp³-hybridized carbons (Fsp3) is 0.0952. The van der Waals surface area contributed by atoms with Crippen molar-refractivity contribution in [2.24, 2.45) is 0 Å². The molecular weight excluding hydrogens is 380 g/mol. The molecule has 3 aromatic carbocycles. The highest BCUT2D eigenvalue weighted by Crippen LogP contribution is 2.44. The molecule has 4 rings (SSSR count). The Morgan fingerprint density at radius 2 is 1.77 bits per heavy atom. The third-order valence-corrected chi connectivity index (χ3v) is 6.01. The molecule has 3 aromatic rings. The van der Waals surface area contributed by atoms with E-state index in [0.29, 0.717) is 10.1 Å². The van der Waals surface area contributed by atoms with Gasteiger partial charge in [0.15, 0.2) is 5.11 Å². The van der Waals surface area contributed by atoms with E-state index in [4.69, 9.17) is 23.8 Å². The Labute approximate surface area is 168 Å². The lowest BCUT2D eigenvalue weighted by molar-refractivity contribution is 0.891. The lowest BCUT2D eigenvalue weighted by atomic mass is 10.1. The average Bonchev–Trinajstić information content (AvgIpc) is 3.00. The zero-order valence-electron chi connectivity index (χ0n) is 13.9. The van der Waals surface area contributed by atoms with Crippen LogP contribution in [-0.4, -0.2) is 10.5 Å². The van der Waals surface area contributed by atoms with Crippen LogP contribution < -0.4 is 10.2 Å². The van der Waals surface area contributed by atoms with Crippen molar-refractivity contribution in [1.82, 2.24) is 0 Å². The van der Waals surface area contributed by atoms with Crippen LogP contribution in [0.4, 0.5) is 11.4 Å². The number of anilines is 2. The van der Waals surface area contributed by atoms with Crippen molar-refractivity contribution >= 4 is 52.1 Å². The quantitative estimate of drug-likeness (QED) is 0.528. The first-order valence-corrected chi connectivity index (χ1v) is 10.0. The first kappa shape index (κ1) is 17.4. The molecule has 5 heteroatoms. The molecule has 1 N–H and O–H groups in total. The van der Waals surface area contributed by atoms with Gasteiger partial charge in [0, 0.05) is 22.0 Å². The van der Waals surface area contributed by atoms with Gasteiger partial charge in [0.1, 0.15) is 0 Å². The van der Waals surface area contributed by atoms with E-state index in [1.807, 2.05) is 42.1 Å². The van der Waals surface area contributed by atoms with Crippen molar-refractivity contribution in [3.8, 4) is 0 Å². The van der Waals surface area contributed by atoms with Crippen LogP contribution in [0.15, 0.2) is 83.8 Å². The number of nitrogens with one attached hydrogen (secondary N) is 1. The first-order chi connectivity index (χ1) is 12.7. The fourth-order valence-electron chi connectivity index (χ4n) is 3.05. The Morgan fingerprint density at radius 1 is 1.00 bits per heavy atom. The van der Waals surface area contributed by atoms with Crippen LogP contribution >= 0.6 is 35.6 Å². The highest BCUT2D eigenvalue weighted by molar-refractivity contribution is 8.00. The summed E-state index contributed by atoms with van der Waals surface area (Å²) in [4.78, 5) is 3.46. The van der Waals surface area contributed by atoms with Gasteiger partial charge >= 0.3 is 0 Å². The van der Waals surface area contributed by atoms with E-state index < -0.39 is 0 Å². The van der Waals surface area contributed by atoms with Gasteiger partial charge in [-0.25, -0.2) is 0 Å². The molecule has 0 aliphatic carbocycles. The normalized spacial score (nSPS) is 15.6. The Balaban J connectivity index is 1.61. The van der Waals surface area contributed by atoms with E-state index >= 15 is 0 Å². The summed E-state index contributed by atoms with van der Waals surface area (Å²) in [6.45, 7) is 0. The molecule has 1 aliphatic heterocycles. The maximum Gasteiger partial charge on any atom is 0.178 e. The Hall–Kier alpha value is -2.01. The van der Waals surface area contributed by atoms with Crippen molar-refractivity contribution in [1.29, 1.82) is 0 Å². The molecule has 0 saturated heterocycles. The summed E-state index contributed by atoms with van der Waals surface area (Å²) in [6.07, 6.45) is 0.914. The van der Waals surface area contributed by atoms with E-state index in [1.165, 1.54) is 10.5 Å². The number of nitrogens with zero attached hydrogens (tertiary/aromatic N) is 1. The summed E-state index contributed by atoms with van der Waals surface area (Å²) in [5, 5.41) is 4.93. The smallest absolute Gasteiger partial charge is 0.178 e. The summed E-state index contributed by atoms with van der Waals surface area (Å²) in [5.41, 5.74) is 3.35. The van der Waals surface area contributed by atoms with Gasteiger partial charge in [-0.15, -0.1) is 0 Å². The summed E-state index contributed by atoms with van der Waals surface area (Å²) >= 11 is 13.7. The molecule has 0 fully saturated rings. The van der Waals surface area contributed by atoms with Gasteiger partial charge in [-0.2, -0.15) is 0 Å². The zero-order valence-corrected chi connectivity index (χ0v) is 16.3. The predicted octanol–water partition coefficient (Wildman–Crippen LogP) is 6.22. The van der Waals surface area contributed by atoms with Gasteiger partial charge in [0.2, 0.25) is 0 Å². The molecule has 0 bridgehead atoms. The number of thiocarbonyl (C=S) groups is 1. The molecule has 26 heavy (non-hydrogen) atoms. The Kier molecular flexibility index (Phi) is 5.16. The molecule has 1 heterocycles. The molecular formula is C21H17ClN2S2. The largest absolute Gasteiger partial charge is 0.332 e.